The predicted molar refractivity (Wildman–Crippen MR) is 103 cm³/mol. The SMILES string of the molecule is COc1ccc(CCNC(=O)NCCc2ccc(N(C)C)cc2)cc1. The highest BCUT2D eigenvalue weighted by molar-refractivity contribution is 5.73. The molecule has 0 saturated heterocycles. The number of methoxy groups -OCH3 is 1. The smallest absolute Gasteiger partial charge is 0.314 e. The topological polar surface area (TPSA) is 53.6 Å². The Morgan fingerprint density at radius 3 is 1.80 bits per heavy atom. The van der Waals surface area contributed by atoms with E-state index in [1.54, 1.807) is 7.11 Å². The second kappa shape index (κ2) is 9.57. The van der Waals surface area contributed by atoms with E-state index in [-0.39, 0.29) is 6.03 Å². The van der Waals surface area contributed by atoms with Crippen molar-refractivity contribution in [1.82, 2.24) is 10.6 Å². The number of benzene rings is 2. The number of urea groups is 1. The predicted octanol–water partition coefficient (Wildman–Crippen LogP) is 2.85. The minimum atomic E-state index is -0.126. The first-order valence-corrected chi connectivity index (χ1v) is 8.49. The Bertz CT molecular complexity index is 652. The lowest BCUT2D eigenvalue weighted by atomic mass is 10.1. The molecule has 0 atom stereocenters. The van der Waals surface area contributed by atoms with E-state index < -0.39 is 0 Å². The minimum Gasteiger partial charge on any atom is -0.497 e. The van der Waals surface area contributed by atoms with Crippen molar-refractivity contribution in [2.45, 2.75) is 12.8 Å². The van der Waals surface area contributed by atoms with E-state index in [1.807, 2.05) is 38.4 Å². The van der Waals surface area contributed by atoms with E-state index in [1.165, 1.54) is 16.8 Å². The van der Waals surface area contributed by atoms with Crippen LogP contribution in [0, 0.1) is 0 Å². The summed E-state index contributed by atoms with van der Waals surface area (Å²) in [5.74, 6) is 0.841. The largest absolute Gasteiger partial charge is 0.497 e. The Labute approximate surface area is 150 Å². The third-order valence-corrected chi connectivity index (χ3v) is 4.01. The van der Waals surface area contributed by atoms with Crippen LogP contribution in [0.3, 0.4) is 0 Å². The van der Waals surface area contributed by atoms with Gasteiger partial charge in [-0.2, -0.15) is 0 Å². The average molecular weight is 341 g/mol. The van der Waals surface area contributed by atoms with Crippen LogP contribution in [0.2, 0.25) is 0 Å². The summed E-state index contributed by atoms with van der Waals surface area (Å²) in [4.78, 5) is 13.9. The molecule has 0 saturated carbocycles. The summed E-state index contributed by atoms with van der Waals surface area (Å²) < 4.78 is 5.13. The van der Waals surface area contributed by atoms with Crippen LogP contribution in [-0.2, 0) is 12.8 Å². The van der Waals surface area contributed by atoms with Crippen molar-refractivity contribution < 1.29 is 9.53 Å². The van der Waals surface area contributed by atoms with Gasteiger partial charge in [0, 0.05) is 32.9 Å². The van der Waals surface area contributed by atoms with Crippen LogP contribution in [0.4, 0.5) is 10.5 Å². The van der Waals surface area contributed by atoms with Gasteiger partial charge in [-0.05, 0) is 48.2 Å². The van der Waals surface area contributed by atoms with E-state index in [2.05, 4.69) is 39.8 Å². The average Bonchev–Trinajstić information content (AvgIpc) is 2.63. The molecule has 2 rings (SSSR count). The minimum absolute atomic E-state index is 0.126. The fourth-order valence-electron chi connectivity index (χ4n) is 2.46. The summed E-state index contributed by atoms with van der Waals surface area (Å²) in [6.45, 7) is 1.23. The lowest BCUT2D eigenvalue weighted by Crippen LogP contribution is -2.37. The molecule has 0 radical (unpaired) electrons. The van der Waals surface area contributed by atoms with E-state index >= 15 is 0 Å². The number of amides is 2. The maximum atomic E-state index is 11.8. The fraction of sp³-hybridized carbons (Fsp3) is 0.350. The number of carbonyl (C=O) groups excluding carboxylic acids is 1. The Morgan fingerprint density at radius 2 is 1.36 bits per heavy atom. The Balaban J connectivity index is 1.63. The molecule has 0 fully saturated rings. The van der Waals surface area contributed by atoms with Crippen LogP contribution in [0.25, 0.3) is 0 Å². The van der Waals surface area contributed by atoms with E-state index in [4.69, 9.17) is 4.74 Å². The van der Waals surface area contributed by atoms with Gasteiger partial charge >= 0.3 is 6.03 Å². The van der Waals surface area contributed by atoms with Gasteiger partial charge in [0.05, 0.1) is 7.11 Å². The molecule has 0 aliphatic carbocycles. The highest BCUT2D eigenvalue weighted by Crippen LogP contribution is 2.12. The highest BCUT2D eigenvalue weighted by atomic mass is 16.5. The van der Waals surface area contributed by atoms with Gasteiger partial charge in [-0.25, -0.2) is 4.79 Å². The van der Waals surface area contributed by atoms with Crippen molar-refractivity contribution in [2.24, 2.45) is 0 Å². The Kier molecular flexibility index (Phi) is 7.14. The summed E-state index contributed by atoms with van der Waals surface area (Å²) in [5, 5.41) is 5.77. The number of ether oxygens (including phenoxy) is 1. The molecule has 0 heterocycles. The molecule has 134 valence electrons. The third-order valence-electron chi connectivity index (χ3n) is 4.01. The zero-order valence-electron chi connectivity index (χ0n) is 15.2. The number of anilines is 1. The number of rotatable bonds is 8. The molecule has 5 nitrogen and oxygen atoms in total. The molecule has 2 N–H and O–H groups in total. The monoisotopic (exact) mass is 341 g/mol. The second-order valence-corrected chi connectivity index (χ2v) is 6.09. The third kappa shape index (κ3) is 6.37. The summed E-state index contributed by atoms with van der Waals surface area (Å²) in [6, 6.07) is 16.1. The molecule has 0 aliphatic heterocycles. The first kappa shape index (κ1) is 18.6. The summed E-state index contributed by atoms with van der Waals surface area (Å²) >= 11 is 0. The molecule has 2 aromatic carbocycles. The van der Waals surface area contributed by atoms with Gasteiger partial charge in [0.2, 0.25) is 0 Å². The van der Waals surface area contributed by atoms with Crippen molar-refractivity contribution in [2.75, 3.05) is 39.2 Å². The van der Waals surface area contributed by atoms with E-state index in [0.717, 1.165) is 18.6 Å². The molecule has 2 amide bonds. The van der Waals surface area contributed by atoms with Gasteiger partial charge in [-0.1, -0.05) is 24.3 Å². The molecular weight excluding hydrogens is 314 g/mol. The first-order valence-electron chi connectivity index (χ1n) is 8.49. The normalized spacial score (nSPS) is 10.2. The summed E-state index contributed by atoms with van der Waals surface area (Å²) in [7, 11) is 5.69. The number of nitrogens with one attached hydrogen (secondary N) is 2. The zero-order chi connectivity index (χ0) is 18.1. The van der Waals surface area contributed by atoms with E-state index in [9.17, 15) is 4.79 Å². The Morgan fingerprint density at radius 1 is 0.880 bits per heavy atom. The summed E-state index contributed by atoms with van der Waals surface area (Å²) in [5.41, 5.74) is 3.55. The van der Waals surface area contributed by atoms with Gasteiger partial charge in [-0.15, -0.1) is 0 Å². The first-order chi connectivity index (χ1) is 12.1. The van der Waals surface area contributed by atoms with Gasteiger partial charge < -0.3 is 20.3 Å². The molecule has 0 unspecified atom stereocenters. The van der Waals surface area contributed by atoms with Crippen molar-refractivity contribution in [3.8, 4) is 5.75 Å². The quantitative estimate of drug-likeness (QED) is 0.776. The van der Waals surface area contributed by atoms with Gasteiger partial charge in [-0.3, -0.25) is 0 Å². The fourth-order valence-corrected chi connectivity index (χ4v) is 2.46. The van der Waals surface area contributed by atoms with Crippen molar-refractivity contribution in [3.63, 3.8) is 0 Å². The maximum absolute atomic E-state index is 11.8. The van der Waals surface area contributed by atoms with Gasteiger partial charge in [0.1, 0.15) is 5.75 Å². The van der Waals surface area contributed by atoms with E-state index in [0.29, 0.717) is 13.1 Å². The lowest BCUT2D eigenvalue weighted by molar-refractivity contribution is 0.241. The number of carbonyl (C=O) groups is 1. The van der Waals surface area contributed by atoms with Crippen LogP contribution in [0.1, 0.15) is 11.1 Å². The van der Waals surface area contributed by atoms with Crippen LogP contribution in [0.5, 0.6) is 5.75 Å². The number of nitrogens with zero attached hydrogens (tertiary/aromatic N) is 1. The van der Waals surface area contributed by atoms with Crippen molar-refractivity contribution in [3.05, 3.63) is 59.7 Å². The van der Waals surface area contributed by atoms with Crippen molar-refractivity contribution >= 4 is 11.7 Å². The second-order valence-electron chi connectivity index (χ2n) is 6.09. The standard InChI is InChI=1S/C20H27N3O2/c1-23(2)18-8-4-16(5-9-18)12-14-21-20(24)22-15-13-17-6-10-19(25-3)11-7-17/h4-11H,12-15H2,1-3H3,(H2,21,22,24). The molecule has 25 heavy (non-hydrogen) atoms. The van der Waals surface area contributed by atoms with Crippen molar-refractivity contribution in [1.29, 1.82) is 0 Å². The lowest BCUT2D eigenvalue weighted by Gasteiger charge is -2.13. The van der Waals surface area contributed by atoms with Gasteiger partial charge in [0.15, 0.2) is 0 Å². The van der Waals surface area contributed by atoms with Crippen LogP contribution in [0.15, 0.2) is 48.5 Å². The maximum Gasteiger partial charge on any atom is 0.314 e. The molecular formula is C20H27N3O2. The molecule has 0 aliphatic rings. The molecule has 0 bridgehead atoms. The molecule has 2 aromatic rings. The highest BCUT2D eigenvalue weighted by Gasteiger charge is 2.01. The number of hydrogen-bond acceptors (Lipinski definition) is 3. The zero-order valence-corrected chi connectivity index (χ0v) is 15.2. The Hall–Kier alpha value is -2.69. The molecule has 0 aromatic heterocycles. The molecule has 5 heteroatoms. The van der Waals surface area contributed by atoms with Gasteiger partial charge in [0.25, 0.3) is 0 Å². The van der Waals surface area contributed by atoms with Crippen LogP contribution < -0.4 is 20.3 Å². The summed E-state index contributed by atoms with van der Waals surface area (Å²) in [6.07, 6.45) is 1.61. The van der Waals surface area contributed by atoms with Crippen LogP contribution in [-0.4, -0.2) is 40.3 Å². The van der Waals surface area contributed by atoms with Crippen LogP contribution >= 0.6 is 0 Å². The molecule has 0 spiro atoms. The number of hydrogen-bond donors (Lipinski definition) is 2.